The lowest BCUT2D eigenvalue weighted by molar-refractivity contribution is -0.148. The summed E-state index contributed by atoms with van der Waals surface area (Å²) < 4.78 is 95.4. The van der Waals surface area contributed by atoms with E-state index in [0.29, 0.717) is 29.1 Å². The Bertz CT molecular complexity index is 1420. The van der Waals surface area contributed by atoms with Gasteiger partial charge in [0.1, 0.15) is 22.7 Å². The first-order chi connectivity index (χ1) is 19.6. The van der Waals surface area contributed by atoms with Gasteiger partial charge in [-0.3, -0.25) is 4.79 Å². The summed E-state index contributed by atoms with van der Waals surface area (Å²) in [7, 11) is -1.54. The van der Waals surface area contributed by atoms with Gasteiger partial charge in [0.2, 0.25) is 21.9 Å². The van der Waals surface area contributed by atoms with Crippen molar-refractivity contribution < 1.29 is 40.2 Å². The number of esters is 1. The van der Waals surface area contributed by atoms with Gasteiger partial charge < -0.3 is 14.4 Å². The Balaban J connectivity index is 1.59. The molecule has 42 heavy (non-hydrogen) atoms. The smallest absolute Gasteiger partial charge is 0.315 e. The highest BCUT2D eigenvalue weighted by Crippen LogP contribution is 2.52. The van der Waals surface area contributed by atoms with E-state index in [1.54, 1.807) is 35.2 Å². The van der Waals surface area contributed by atoms with Crippen molar-refractivity contribution in [2.45, 2.75) is 78.4 Å². The van der Waals surface area contributed by atoms with Crippen LogP contribution in [0.2, 0.25) is 0 Å². The van der Waals surface area contributed by atoms with E-state index in [1.807, 2.05) is 6.07 Å². The lowest BCUT2D eigenvalue weighted by Crippen LogP contribution is -2.41. The normalized spacial score (nSPS) is 22.9. The van der Waals surface area contributed by atoms with Crippen LogP contribution in [0, 0.1) is 5.41 Å². The Kier molecular flexibility index (Phi) is 8.25. The standard InChI is InChI=1S/C29H34F4N2O5S2/c1-27(30,31)10-9-20-17-35(19-7-5-4-6-8-19)22-13-24(41-21-15-29(32,33)16-21)23(14-25(22)42(37,38)34(20)2)40-18-28(11-12-28)26(36)39-3/h4-8,13-14,20-21H,9-12,15-18H2,1-3H3. The van der Waals surface area contributed by atoms with Gasteiger partial charge >= 0.3 is 5.97 Å². The van der Waals surface area contributed by atoms with Crippen molar-refractivity contribution in [1.29, 1.82) is 0 Å². The molecule has 3 aliphatic rings. The maximum atomic E-state index is 14.0. The highest BCUT2D eigenvalue weighted by molar-refractivity contribution is 8.00. The first-order valence-electron chi connectivity index (χ1n) is 13.8. The van der Waals surface area contributed by atoms with Gasteiger partial charge in [0.25, 0.3) is 0 Å². The number of fused-ring (bicyclic) bond motifs is 1. The first-order valence-corrected chi connectivity index (χ1v) is 16.1. The number of hydrogen-bond acceptors (Lipinski definition) is 7. The van der Waals surface area contributed by atoms with Crippen molar-refractivity contribution in [3.63, 3.8) is 0 Å². The molecule has 0 bridgehead atoms. The van der Waals surface area contributed by atoms with Crippen molar-refractivity contribution in [2.75, 3.05) is 32.2 Å². The van der Waals surface area contributed by atoms with Crippen LogP contribution in [0.4, 0.5) is 28.9 Å². The highest BCUT2D eigenvalue weighted by Gasteiger charge is 2.52. The maximum absolute atomic E-state index is 14.0. The molecule has 5 rings (SSSR count). The molecule has 0 aromatic heterocycles. The number of carbonyl (C=O) groups excluding carboxylic acids is 1. The van der Waals surface area contributed by atoms with Crippen LogP contribution in [0.5, 0.6) is 5.75 Å². The molecular formula is C29H34F4N2O5S2. The van der Waals surface area contributed by atoms with Crippen LogP contribution in [0.1, 0.15) is 45.4 Å². The second-order valence-corrected chi connectivity index (χ2v) is 14.9. The fourth-order valence-electron chi connectivity index (χ4n) is 5.33. The zero-order valence-corrected chi connectivity index (χ0v) is 25.3. The number of thioether (sulfide) groups is 1. The summed E-state index contributed by atoms with van der Waals surface area (Å²) in [4.78, 5) is 14.5. The average molecular weight is 631 g/mol. The minimum Gasteiger partial charge on any atom is -0.491 e. The Morgan fingerprint density at radius 1 is 1.14 bits per heavy atom. The van der Waals surface area contributed by atoms with Crippen molar-refractivity contribution in [3.05, 3.63) is 42.5 Å². The number of alkyl halides is 4. The summed E-state index contributed by atoms with van der Waals surface area (Å²) in [5.41, 5.74) is 0.114. The zero-order valence-electron chi connectivity index (χ0n) is 23.6. The molecular weight excluding hydrogens is 596 g/mol. The predicted octanol–water partition coefficient (Wildman–Crippen LogP) is 6.48. The third kappa shape index (κ3) is 6.37. The molecule has 1 atom stereocenters. The Hall–Kier alpha value is -2.51. The van der Waals surface area contributed by atoms with E-state index < -0.39 is 51.0 Å². The van der Waals surface area contributed by atoms with E-state index in [9.17, 15) is 30.8 Å². The van der Waals surface area contributed by atoms with Crippen LogP contribution in [-0.4, -0.2) is 69.1 Å². The second-order valence-electron chi connectivity index (χ2n) is 11.6. The minimum atomic E-state index is -4.21. The van der Waals surface area contributed by atoms with E-state index in [2.05, 4.69) is 0 Å². The van der Waals surface area contributed by atoms with Gasteiger partial charge in [-0.15, -0.1) is 11.8 Å². The third-order valence-electron chi connectivity index (χ3n) is 8.19. The molecule has 7 nitrogen and oxygen atoms in total. The quantitative estimate of drug-likeness (QED) is 0.220. The molecule has 0 spiro atoms. The van der Waals surface area contributed by atoms with Gasteiger partial charge in [-0.2, -0.15) is 4.31 Å². The summed E-state index contributed by atoms with van der Waals surface area (Å²) in [6.07, 6.45) is -0.130. The maximum Gasteiger partial charge on any atom is 0.315 e. The van der Waals surface area contributed by atoms with Crippen LogP contribution < -0.4 is 9.64 Å². The molecule has 0 amide bonds. The van der Waals surface area contributed by atoms with Crippen molar-refractivity contribution >= 4 is 39.1 Å². The van der Waals surface area contributed by atoms with Crippen LogP contribution in [0.3, 0.4) is 0 Å². The monoisotopic (exact) mass is 630 g/mol. The molecule has 2 aromatic carbocycles. The number of anilines is 2. The summed E-state index contributed by atoms with van der Waals surface area (Å²) in [5, 5.41) is -0.411. The van der Waals surface area contributed by atoms with E-state index >= 15 is 0 Å². The summed E-state index contributed by atoms with van der Waals surface area (Å²) in [6, 6.07) is 11.2. The van der Waals surface area contributed by atoms with Gasteiger partial charge in [-0.1, -0.05) is 18.2 Å². The number of ether oxygens (including phenoxy) is 2. The summed E-state index contributed by atoms with van der Waals surface area (Å²) >= 11 is 1.18. The van der Waals surface area contributed by atoms with Gasteiger partial charge in [0.05, 0.1) is 17.7 Å². The number of para-hydroxylation sites is 1. The fourth-order valence-corrected chi connectivity index (χ4v) is 8.33. The van der Waals surface area contributed by atoms with E-state index in [0.717, 1.165) is 11.2 Å². The van der Waals surface area contributed by atoms with Crippen molar-refractivity contribution in [2.24, 2.45) is 5.41 Å². The van der Waals surface area contributed by atoms with Gasteiger partial charge in [-0.05, 0) is 44.4 Å². The van der Waals surface area contributed by atoms with Crippen LogP contribution in [0.25, 0.3) is 0 Å². The summed E-state index contributed by atoms with van der Waals surface area (Å²) in [6.45, 7) is 0.847. The number of halogens is 4. The largest absolute Gasteiger partial charge is 0.491 e. The lowest BCUT2D eigenvalue weighted by Gasteiger charge is -2.35. The molecule has 1 heterocycles. The van der Waals surface area contributed by atoms with Gasteiger partial charge in [-0.25, -0.2) is 26.0 Å². The SMILES string of the molecule is COC(=O)C1(COc2cc3c(cc2SC2CC(F)(F)C2)N(c2ccccc2)CC(CCC(C)(F)F)N(C)S3(=O)=O)CC1. The molecule has 13 heteroatoms. The number of carbonyl (C=O) groups is 1. The molecule has 1 unspecified atom stereocenters. The highest BCUT2D eigenvalue weighted by atomic mass is 32.2. The van der Waals surface area contributed by atoms with Gasteiger partial charge in [0.15, 0.2) is 0 Å². The van der Waals surface area contributed by atoms with Crippen LogP contribution in [-0.2, 0) is 19.6 Å². The van der Waals surface area contributed by atoms with Crippen molar-refractivity contribution in [1.82, 2.24) is 4.31 Å². The topological polar surface area (TPSA) is 76.2 Å². The molecule has 0 N–H and O–H groups in total. The average Bonchev–Trinajstić information content (AvgIpc) is 3.72. The van der Waals surface area contributed by atoms with E-state index in [1.165, 1.54) is 32.0 Å². The lowest BCUT2D eigenvalue weighted by atomic mass is 9.94. The van der Waals surface area contributed by atoms with Crippen LogP contribution >= 0.6 is 11.8 Å². The van der Waals surface area contributed by atoms with Gasteiger partial charge in [0, 0.05) is 55.9 Å². The number of hydrogen-bond donors (Lipinski definition) is 0. The minimum absolute atomic E-state index is 0.0562. The van der Waals surface area contributed by atoms with Crippen molar-refractivity contribution in [3.8, 4) is 5.75 Å². The van der Waals surface area contributed by atoms with E-state index in [-0.39, 0.29) is 43.1 Å². The predicted molar refractivity (Wildman–Crippen MR) is 151 cm³/mol. The second kappa shape index (κ2) is 11.2. The molecule has 230 valence electrons. The number of methoxy groups -OCH3 is 1. The number of likely N-dealkylation sites (N-methyl/N-ethyl adjacent to an activating group) is 1. The molecule has 2 aromatic rings. The van der Waals surface area contributed by atoms with E-state index in [4.69, 9.17) is 9.47 Å². The number of sulfonamides is 1. The molecule has 2 fully saturated rings. The molecule has 0 radical (unpaired) electrons. The number of rotatable bonds is 10. The fraction of sp³-hybridized carbons (Fsp3) is 0.552. The molecule has 1 aliphatic heterocycles. The first kappa shape index (κ1) is 30.9. The summed E-state index contributed by atoms with van der Waals surface area (Å²) in [5.74, 6) is -6.00. The van der Waals surface area contributed by atoms with Crippen LogP contribution in [0.15, 0.2) is 52.3 Å². The zero-order chi connectivity index (χ0) is 30.5. The Morgan fingerprint density at radius 3 is 2.38 bits per heavy atom. The Labute approximate surface area is 247 Å². The molecule has 2 aliphatic carbocycles. The molecule has 0 saturated heterocycles. The number of nitrogens with zero attached hydrogens (tertiary/aromatic N) is 2. The third-order valence-corrected chi connectivity index (χ3v) is 11.4. The Morgan fingerprint density at radius 2 is 1.81 bits per heavy atom. The molecule has 2 saturated carbocycles. The number of benzene rings is 2.